The Balaban J connectivity index is 0.000000234. The smallest absolute Gasteiger partial charge is 0.0542 e. The molecule has 0 amide bonds. The normalized spacial score (nSPS) is 11.2. The molecular weight excluding hydrogens is 398 g/mol. The van der Waals surface area contributed by atoms with Crippen molar-refractivity contribution in [3.8, 4) is 0 Å². The second-order valence-corrected chi connectivity index (χ2v) is 7.78. The SMILES string of the molecule is C=C(C)c1ccccc1.C=C1c2ccccc2N(c2ccccc2)c2cccc(C)c21.CC. The maximum atomic E-state index is 4.36. The first-order valence-electron chi connectivity index (χ1n) is 11.5. The molecule has 0 spiro atoms. The Bertz CT molecular complexity index is 1220. The Kier molecular flexibility index (Phi) is 8.05. The van der Waals surface area contributed by atoms with Crippen LogP contribution in [0.5, 0.6) is 0 Å². The van der Waals surface area contributed by atoms with Crippen molar-refractivity contribution in [2.24, 2.45) is 0 Å². The maximum Gasteiger partial charge on any atom is 0.0542 e. The van der Waals surface area contributed by atoms with Gasteiger partial charge in [-0.1, -0.05) is 111 Å². The third kappa shape index (κ3) is 5.15. The summed E-state index contributed by atoms with van der Waals surface area (Å²) < 4.78 is 0. The van der Waals surface area contributed by atoms with E-state index >= 15 is 0 Å². The van der Waals surface area contributed by atoms with Crippen molar-refractivity contribution in [3.63, 3.8) is 0 Å². The van der Waals surface area contributed by atoms with E-state index in [1.165, 1.54) is 39.3 Å². The predicted molar refractivity (Wildman–Crippen MR) is 146 cm³/mol. The van der Waals surface area contributed by atoms with Gasteiger partial charge in [-0.2, -0.15) is 0 Å². The molecular formula is C32H33N. The van der Waals surface area contributed by atoms with Crippen LogP contribution in [-0.2, 0) is 0 Å². The molecule has 5 rings (SSSR count). The highest BCUT2D eigenvalue weighted by atomic mass is 15.2. The number of rotatable bonds is 2. The van der Waals surface area contributed by atoms with E-state index < -0.39 is 0 Å². The first-order valence-corrected chi connectivity index (χ1v) is 11.5. The summed E-state index contributed by atoms with van der Waals surface area (Å²) in [5.41, 5.74) is 10.7. The van der Waals surface area contributed by atoms with E-state index in [9.17, 15) is 0 Å². The second kappa shape index (κ2) is 11.2. The van der Waals surface area contributed by atoms with Crippen LogP contribution in [-0.4, -0.2) is 0 Å². The van der Waals surface area contributed by atoms with Crippen molar-refractivity contribution in [3.05, 3.63) is 139 Å². The summed E-state index contributed by atoms with van der Waals surface area (Å²) in [5.74, 6) is 0. The van der Waals surface area contributed by atoms with Gasteiger partial charge in [-0.25, -0.2) is 0 Å². The van der Waals surface area contributed by atoms with E-state index in [1.54, 1.807) is 0 Å². The fourth-order valence-electron chi connectivity index (χ4n) is 4.00. The topological polar surface area (TPSA) is 3.24 Å². The molecule has 4 aromatic rings. The molecule has 0 N–H and O–H groups in total. The van der Waals surface area contributed by atoms with Gasteiger partial charge in [0.1, 0.15) is 0 Å². The molecule has 1 aliphatic rings. The van der Waals surface area contributed by atoms with Crippen molar-refractivity contribution in [2.45, 2.75) is 27.7 Å². The zero-order valence-electron chi connectivity index (χ0n) is 20.2. The van der Waals surface area contributed by atoms with Crippen LogP contribution >= 0.6 is 0 Å². The fourth-order valence-corrected chi connectivity index (χ4v) is 4.00. The zero-order chi connectivity index (χ0) is 23.8. The Morgan fingerprint density at radius 2 is 1.21 bits per heavy atom. The predicted octanol–water partition coefficient (Wildman–Crippen LogP) is 9.59. The Morgan fingerprint density at radius 1 is 0.667 bits per heavy atom. The molecule has 0 bridgehead atoms. The molecule has 0 aliphatic carbocycles. The average Bonchev–Trinajstić information content (AvgIpc) is 2.87. The lowest BCUT2D eigenvalue weighted by atomic mass is 9.88. The number of benzene rings is 4. The molecule has 4 aromatic carbocycles. The summed E-state index contributed by atoms with van der Waals surface area (Å²) in [7, 11) is 0. The van der Waals surface area contributed by atoms with Gasteiger partial charge in [0, 0.05) is 16.8 Å². The van der Waals surface area contributed by atoms with Crippen LogP contribution in [0.25, 0.3) is 11.1 Å². The van der Waals surface area contributed by atoms with Crippen molar-refractivity contribution in [1.82, 2.24) is 0 Å². The van der Waals surface area contributed by atoms with Crippen LogP contribution in [0.3, 0.4) is 0 Å². The van der Waals surface area contributed by atoms with Gasteiger partial charge in [-0.15, -0.1) is 0 Å². The van der Waals surface area contributed by atoms with E-state index in [0.717, 1.165) is 11.1 Å². The van der Waals surface area contributed by atoms with Crippen molar-refractivity contribution < 1.29 is 0 Å². The number of fused-ring (bicyclic) bond motifs is 2. The Morgan fingerprint density at radius 3 is 1.82 bits per heavy atom. The first kappa shape index (κ1) is 23.8. The van der Waals surface area contributed by atoms with Gasteiger partial charge < -0.3 is 4.90 Å². The largest absolute Gasteiger partial charge is 0.309 e. The van der Waals surface area contributed by atoms with Crippen molar-refractivity contribution in [1.29, 1.82) is 0 Å². The molecule has 0 saturated heterocycles. The second-order valence-electron chi connectivity index (χ2n) is 7.78. The Labute approximate surface area is 199 Å². The van der Waals surface area contributed by atoms with Gasteiger partial charge in [0.25, 0.3) is 0 Å². The van der Waals surface area contributed by atoms with Gasteiger partial charge in [0.2, 0.25) is 0 Å². The summed E-state index contributed by atoms with van der Waals surface area (Å²) in [6.07, 6.45) is 0. The van der Waals surface area contributed by atoms with Crippen LogP contribution in [0.4, 0.5) is 17.1 Å². The molecule has 1 aliphatic heterocycles. The number of hydrogen-bond donors (Lipinski definition) is 0. The zero-order valence-corrected chi connectivity index (χ0v) is 20.2. The Hall–Kier alpha value is -3.84. The highest BCUT2D eigenvalue weighted by Crippen LogP contribution is 2.48. The third-order valence-electron chi connectivity index (χ3n) is 5.54. The molecule has 0 aromatic heterocycles. The number of aryl methyl sites for hydroxylation is 1. The number of allylic oxidation sites excluding steroid dienone is 1. The highest BCUT2D eigenvalue weighted by Gasteiger charge is 2.26. The molecule has 0 fully saturated rings. The van der Waals surface area contributed by atoms with Crippen molar-refractivity contribution in [2.75, 3.05) is 4.90 Å². The minimum absolute atomic E-state index is 1.11. The average molecular weight is 432 g/mol. The molecule has 0 saturated carbocycles. The summed E-state index contributed by atoms with van der Waals surface area (Å²) in [4.78, 5) is 2.33. The van der Waals surface area contributed by atoms with E-state index in [-0.39, 0.29) is 0 Å². The number of anilines is 3. The molecule has 0 unspecified atom stereocenters. The van der Waals surface area contributed by atoms with Crippen LogP contribution in [0.1, 0.15) is 43.0 Å². The minimum atomic E-state index is 1.11. The van der Waals surface area contributed by atoms with Crippen molar-refractivity contribution >= 4 is 28.2 Å². The van der Waals surface area contributed by atoms with Crippen LogP contribution in [0.15, 0.2) is 116 Å². The molecule has 166 valence electrons. The fraction of sp³-hybridized carbons (Fsp3) is 0.125. The van der Waals surface area contributed by atoms with Gasteiger partial charge in [0.15, 0.2) is 0 Å². The van der Waals surface area contributed by atoms with Gasteiger partial charge in [-0.05, 0) is 54.8 Å². The number of nitrogens with zero attached hydrogens (tertiary/aromatic N) is 1. The third-order valence-corrected chi connectivity index (χ3v) is 5.54. The monoisotopic (exact) mass is 431 g/mol. The molecule has 0 atom stereocenters. The lowest BCUT2D eigenvalue weighted by molar-refractivity contribution is 1.22. The first-order chi connectivity index (χ1) is 16.1. The molecule has 1 nitrogen and oxygen atoms in total. The van der Waals surface area contributed by atoms with E-state index in [2.05, 4.69) is 110 Å². The molecule has 33 heavy (non-hydrogen) atoms. The lowest BCUT2D eigenvalue weighted by Gasteiger charge is -2.35. The summed E-state index contributed by atoms with van der Waals surface area (Å²) in [6.45, 7) is 16.3. The molecule has 0 radical (unpaired) electrons. The lowest BCUT2D eigenvalue weighted by Crippen LogP contribution is -2.18. The molecule has 1 heterocycles. The standard InChI is InChI=1S/C21H17N.C9H10.C2H6/c1-15-9-8-14-20-21(15)16(2)18-12-6-7-13-19(18)22(20)17-10-4-3-5-11-17;1-8(2)9-6-4-3-5-7-9;1-2/h3-14H,2H2,1H3;3-7H,1H2,2H3;1-2H3. The van der Waals surface area contributed by atoms with E-state index in [1.807, 2.05) is 39.0 Å². The quantitative estimate of drug-likeness (QED) is 0.269. The van der Waals surface area contributed by atoms with E-state index in [0.29, 0.717) is 0 Å². The van der Waals surface area contributed by atoms with Gasteiger partial charge in [0.05, 0.1) is 11.4 Å². The van der Waals surface area contributed by atoms with E-state index in [4.69, 9.17) is 0 Å². The van der Waals surface area contributed by atoms with Crippen LogP contribution in [0.2, 0.25) is 0 Å². The van der Waals surface area contributed by atoms with Crippen LogP contribution in [0, 0.1) is 6.92 Å². The summed E-state index contributed by atoms with van der Waals surface area (Å²) >= 11 is 0. The number of hydrogen-bond acceptors (Lipinski definition) is 1. The van der Waals surface area contributed by atoms with Gasteiger partial charge in [-0.3, -0.25) is 0 Å². The minimum Gasteiger partial charge on any atom is -0.309 e. The maximum absolute atomic E-state index is 4.36. The molecule has 1 heteroatoms. The van der Waals surface area contributed by atoms with Gasteiger partial charge >= 0.3 is 0 Å². The summed E-state index contributed by atoms with van der Waals surface area (Å²) in [5, 5.41) is 0. The van der Waals surface area contributed by atoms with Crippen LogP contribution < -0.4 is 4.90 Å². The highest BCUT2D eigenvalue weighted by molar-refractivity contribution is 6.01. The number of para-hydroxylation sites is 2. The summed E-state index contributed by atoms with van der Waals surface area (Å²) in [6, 6.07) is 35.6.